The number of allylic oxidation sites excluding steroid dienone is 1. The van der Waals surface area contributed by atoms with Crippen molar-refractivity contribution in [2.75, 3.05) is 0 Å². The van der Waals surface area contributed by atoms with Crippen LogP contribution in [0.1, 0.15) is 82.5 Å². The van der Waals surface area contributed by atoms with Crippen molar-refractivity contribution >= 4 is 33.5 Å². The minimum Gasteiger partial charge on any atom is -0.447 e. The number of hydrogen-bond donors (Lipinski definition) is 0. The second-order valence-electron chi connectivity index (χ2n) is 11.2. The third-order valence-corrected chi connectivity index (χ3v) is 10.9. The number of ether oxygens (including phenoxy) is 1. The van der Waals surface area contributed by atoms with Gasteiger partial charge in [-0.3, -0.25) is 9.59 Å². The van der Waals surface area contributed by atoms with E-state index in [-0.39, 0.29) is 22.4 Å². The molecule has 3 saturated carbocycles. The maximum Gasteiger partial charge on any atom is 0.339 e. The highest BCUT2D eigenvalue weighted by atomic mass is 79.9. The average Bonchev–Trinajstić information content (AvgIpc) is 3.10. The van der Waals surface area contributed by atoms with Crippen LogP contribution in [0.15, 0.2) is 40.4 Å². The summed E-state index contributed by atoms with van der Waals surface area (Å²) in [5.41, 5.74) is 0.434. The number of carbonyl (C=O) groups is 3. The monoisotopic (exact) mass is 512 g/mol. The van der Waals surface area contributed by atoms with Gasteiger partial charge in [0.1, 0.15) is 0 Å². The van der Waals surface area contributed by atoms with E-state index in [0.717, 1.165) is 43.0 Å². The molecular weight excluding hydrogens is 480 g/mol. The van der Waals surface area contributed by atoms with Crippen molar-refractivity contribution in [3.05, 3.63) is 46.0 Å². The van der Waals surface area contributed by atoms with Crippen molar-refractivity contribution in [1.82, 2.24) is 0 Å². The van der Waals surface area contributed by atoms with Crippen LogP contribution in [-0.2, 0) is 14.3 Å². The second kappa shape index (κ2) is 7.90. The number of fused-ring (bicyclic) bond motifs is 5. The first kappa shape index (κ1) is 23.0. The Labute approximate surface area is 204 Å². The number of ketones is 2. The van der Waals surface area contributed by atoms with Gasteiger partial charge in [0.05, 0.1) is 10.0 Å². The maximum absolute atomic E-state index is 13.2. The van der Waals surface area contributed by atoms with Crippen LogP contribution in [0.4, 0.5) is 0 Å². The molecule has 5 rings (SSSR count). The fourth-order valence-electron chi connectivity index (χ4n) is 8.26. The Balaban J connectivity index is 1.48. The molecule has 4 aliphatic carbocycles. The molecule has 0 heterocycles. The van der Waals surface area contributed by atoms with Gasteiger partial charge < -0.3 is 4.74 Å². The lowest BCUT2D eigenvalue weighted by Gasteiger charge is -2.59. The largest absolute Gasteiger partial charge is 0.447 e. The van der Waals surface area contributed by atoms with E-state index in [4.69, 9.17) is 4.74 Å². The molecule has 0 saturated heterocycles. The van der Waals surface area contributed by atoms with E-state index >= 15 is 0 Å². The molecule has 5 heteroatoms. The van der Waals surface area contributed by atoms with E-state index in [0.29, 0.717) is 36.2 Å². The first-order valence-corrected chi connectivity index (χ1v) is 13.1. The molecule has 6 atom stereocenters. The zero-order valence-corrected chi connectivity index (χ0v) is 21.4. The Morgan fingerprint density at radius 3 is 2.36 bits per heavy atom. The van der Waals surface area contributed by atoms with Gasteiger partial charge in [-0.05, 0) is 109 Å². The molecule has 33 heavy (non-hydrogen) atoms. The standard InChI is InChI=1S/C28H33BrO4/c1-17(30)28(33-25(32)18-7-5-4-6-8-18)16-12-21-19-9-10-22-24(29)23(31)13-14-26(22,2)20(19)11-15-27(21,28)3/h4-8,19-21H,9-16H2,1-3H3/t19?,20?,21?,26-,27+,28+/m1/s1. The molecule has 4 nitrogen and oxygen atoms in total. The lowest BCUT2D eigenvalue weighted by atomic mass is 9.46. The summed E-state index contributed by atoms with van der Waals surface area (Å²) in [5.74, 6) is 1.16. The third-order valence-electron chi connectivity index (χ3n) is 10.0. The summed E-state index contributed by atoms with van der Waals surface area (Å²) in [6, 6.07) is 9.01. The van der Waals surface area contributed by atoms with E-state index in [1.165, 1.54) is 5.57 Å². The Kier molecular flexibility index (Phi) is 5.51. The van der Waals surface area contributed by atoms with Crippen LogP contribution in [0.25, 0.3) is 0 Å². The van der Waals surface area contributed by atoms with Crippen LogP contribution in [-0.4, -0.2) is 23.1 Å². The Bertz CT molecular complexity index is 1050. The van der Waals surface area contributed by atoms with Crippen LogP contribution in [0.3, 0.4) is 0 Å². The van der Waals surface area contributed by atoms with Gasteiger partial charge in [-0.15, -0.1) is 0 Å². The lowest BCUT2D eigenvalue weighted by Crippen LogP contribution is -2.58. The summed E-state index contributed by atoms with van der Waals surface area (Å²) in [7, 11) is 0. The van der Waals surface area contributed by atoms with E-state index in [2.05, 4.69) is 29.8 Å². The lowest BCUT2D eigenvalue weighted by molar-refractivity contribution is -0.161. The summed E-state index contributed by atoms with van der Waals surface area (Å²) < 4.78 is 7.04. The molecule has 3 fully saturated rings. The van der Waals surface area contributed by atoms with Crippen molar-refractivity contribution in [2.45, 2.75) is 77.7 Å². The minimum atomic E-state index is -1.06. The number of Topliss-reactive ketones (excluding diaryl/α,β-unsaturated/α-hetero) is 2. The van der Waals surface area contributed by atoms with Gasteiger partial charge in [0.15, 0.2) is 17.2 Å². The highest BCUT2D eigenvalue weighted by Crippen LogP contribution is 2.69. The summed E-state index contributed by atoms with van der Waals surface area (Å²) in [5, 5.41) is 0. The van der Waals surface area contributed by atoms with Crippen LogP contribution in [0, 0.1) is 28.6 Å². The molecule has 0 spiro atoms. The van der Waals surface area contributed by atoms with Crippen molar-refractivity contribution in [2.24, 2.45) is 28.6 Å². The molecule has 0 N–H and O–H groups in total. The van der Waals surface area contributed by atoms with E-state index < -0.39 is 11.6 Å². The molecule has 3 unspecified atom stereocenters. The number of esters is 1. The zero-order chi connectivity index (χ0) is 23.6. The number of carbonyl (C=O) groups excluding carboxylic acids is 3. The predicted molar refractivity (Wildman–Crippen MR) is 130 cm³/mol. The molecule has 4 aliphatic rings. The summed E-state index contributed by atoms with van der Waals surface area (Å²) in [6.07, 6.45) is 6.90. The summed E-state index contributed by atoms with van der Waals surface area (Å²) >= 11 is 3.63. The maximum atomic E-state index is 13.2. The molecule has 0 radical (unpaired) electrons. The number of rotatable bonds is 3. The Morgan fingerprint density at radius 2 is 1.67 bits per heavy atom. The molecule has 176 valence electrons. The molecule has 0 bridgehead atoms. The molecule has 0 aromatic heterocycles. The highest BCUT2D eigenvalue weighted by Gasteiger charge is 2.68. The van der Waals surface area contributed by atoms with Gasteiger partial charge >= 0.3 is 5.97 Å². The quantitative estimate of drug-likeness (QED) is 0.438. The first-order valence-electron chi connectivity index (χ1n) is 12.4. The zero-order valence-electron chi connectivity index (χ0n) is 19.8. The molecule has 1 aromatic carbocycles. The number of benzene rings is 1. The van der Waals surface area contributed by atoms with Crippen molar-refractivity contribution < 1.29 is 19.1 Å². The molecule has 1 aromatic rings. The Morgan fingerprint density at radius 1 is 0.970 bits per heavy atom. The van der Waals surface area contributed by atoms with Crippen molar-refractivity contribution in [3.8, 4) is 0 Å². The van der Waals surface area contributed by atoms with Crippen molar-refractivity contribution in [1.29, 1.82) is 0 Å². The van der Waals surface area contributed by atoms with Gasteiger partial charge in [0.25, 0.3) is 0 Å². The van der Waals surface area contributed by atoms with Crippen LogP contribution >= 0.6 is 15.9 Å². The van der Waals surface area contributed by atoms with E-state index in [1.54, 1.807) is 19.1 Å². The first-order chi connectivity index (χ1) is 15.6. The van der Waals surface area contributed by atoms with Crippen LogP contribution in [0.2, 0.25) is 0 Å². The summed E-state index contributed by atoms with van der Waals surface area (Å²) in [4.78, 5) is 38.7. The average molecular weight is 513 g/mol. The normalized spacial score (nSPS) is 40.0. The second-order valence-corrected chi connectivity index (χ2v) is 12.0. The highest BCUT2D eigenvalue weighted by molar-refractivity contribution is 9.12. The Hall–Kier alpha value is -1.75. The number of halogens is 1. The summed E-state index contributed by atoms with van der Waals surface area (Å²) in [6.45, 7) is 6.16. The van der Waals surface area contributed by atoms with Gasteiger partial charge in [0, 0.05) is 11.8 Å². The minimum absolute atomic E-state index is 0.0242. The van der Waals surface area contributed by atoms with Gasteiger partial charge in [-0.25, -0.2) is 4.79 Å². The van der Waals surface area contributed by atoms with Gasteiger partial charge in [0.2, 0.25) is 0 Å². The topological polar surface area (TPSA) is 60.4 Å². The van der Waals surface area contributed by atoms with Crippen LogP contribution < -0.4 is 0 Å². The molecule has 0 aliphatic heterocycles. The van der Waals surface area contributed by atoms with Crippen molar-refractivity contribution in [3.63, 3.8) is 0 Å². The number of hydrogen-bond acceptors (Lipinski definition) is 4. The van der Waals surface area contributed by atoms with Gasteiger partial charge in [-0.1, -0.05) is 32.0 Å². The fraction of sp³-hybridized carbons (Fsp3) is 0.607. The third kappa shape index (κ3) is 3.17. The smallest absolute Gasteiger partial charge is 0.339 e. The van der Waals surface area contributed by atoms with Crippen LogP contribution in [0.5, 0.6) is 0 Å². The van der Waals surface area contributed by atoms with Gasteiger partial charge in [-0.2, -0.15) is 0 Å². The molecular formula is C28H33BrO4. The SMILES string of the molecule is CC(=O)[C@@]1(OC(=O)c2ccccc2)CCC2C3CCC4=C(Br)C(=O)CC[C@]4(C)C3CC[C@@]21C. The molecule has 0 amide bonds. The van der Waals surface area contributed by atoms with E-state index in [9.17, 15) is 14.4 Å². The fourth-order valence-corrected chi connectivity index (χ4v) is 9.11. The predicted octanol–water partition coefficient (Wildman–Crippen LogP) is 6.43. The van der Waals surface area contributed by atoms with E-state index in [1.807, 2.05) is 18.2 Å².